The van der Waals surface area contributed by atoms with Gasteiger partial charge in [0.25, 0.3) is 11.8 Å². The van der Waals surface area contributed by atoms with Crippen molar-refractivity contribution in [2.75, 3.05) is 51.2 Å². The average Bonchev–Trinajstić information content (AvgIpc) is 3.20. The first-order valence-electron chi connectivity index (χ1n) is 14.3. The van der Waals surface area contributed by atoms with E-state index in [0.29, 0.717) is 54.9 Å². The second-order valence-corrected chi connectivity index (χ2v) is 10.9. The highest BCUT2D eigenvalue weighted by Crippen LogP contribution is 2.43. The number of hydrogen-bond donors (Lipinski definition) is 2. The summed E-state index contributed by atoms with van der Waals surface area (Å²) in [6, 6.07) is 7.56. The van der Waals surface area contributed by atoms with Gasteiger partial charge < -0.3 is 25.2 Å². The van der Waals surface area contributed by atoms with E-state index in [1.807, 2.05) is 24.0 Å². The number of carbonyl (C=O) groups is 2. The first-order valence-corrected chi connectivity index (χ1v) is 14.3. The van der Waals surface area contributed by atoms with Crippen LogP contribution in [0, 0.1) is 18.3 Å². The van der Waals surface area contributed by atoms with Crippen LogP contribution in [0.4, 0.5) is 5.69 Å². The summed E-state index contributed by atoms with van der Waals surface area (Å²) in [6.45, 7) is 6.91. The molecule has 1 spiro atoms. The van der Waals surface area contributed by atoms with Crippen LogP contribution >= 0.6 is 0 Å². The Balaban J connectivity index is 1.13. The van der Waals surface area contributed by atoms with Crippen molar-refractivity contribution in [3.8, 4) is 6.07 Å². The molecule has 0 unspecified atom stereocenters. The largest absolute Gasteiger partial charge is 0.365 e. The number of anilines is 1. The van der Waals surface area contributed by atoms with Crippen molar-refractivity contribution >= 4 is 23.3 Å². The van der Waals surface area contributed by atoms with Gasteiger partial charge in [-0.3, -0.25) is 9.59 Å². The molecule has 42 heavy (non-hydrogen) atoms. The molecule has 1 aromatic carbocycles. The summed E-state index contributed by atoms with van der Waals surface area (Å²) in [7, 11) is 0. The lowest BCUT2D eigenvalue weighted by atomic mass is 9.82. The number of nitrogens with zero attached hydrogens (tertiary/aromatic N) is 4. The fourth-order valence-electron chi connectivity index (χ4n) is 5.83. The smallest absolute Gasteiger partial charge is 0.257 e. The van der Waals surface area contributed by atoms with E-state index >= 15 is 0 Å². The number of amidine groups is 1. The molecule has 0 bridgehead atoms. The van der Waals surface area contributed by atoms with Crippen molar-refractivity contribution in [2.45, 2.75) is 25.4 Å². The minimum atomic E-state index is -0.470. The number of aliphatic imine (C=N–C) groups is 1. The number of nitriles is 1. The van der Waals surface area contributed by atoms with Crippen molar-refractivity contribution in [3.63, 3.8) is 0 Å². The zero-order valence-electron chi connectivity index (χ0n) is 23.6. The highest BCUT2D eigenvalue weighted by atomic mass is 16.5. The molecule has 212 valence electrons. The standard InChI is InChI=1S/C33H32N6O3/c1-23-5-8-25(19-29(23)37-31(40)26-3-2-4-30(36-21-26)38-17-13-35-14-18-38)32(41)39-15-11-33(12-16-39)28-10-7-24(20-34)6-9-27(28)22-42-33/h3-8,10,19,21,35H,11-18,22H2,1H3,(H,37,40). The summed E-state index contributed by atoms with van der Waals surface area (Å²) in [5, 5.41) is 15.5. The Kier molecular flexibility index (Phi) is 7.62. The normalized spacial score (nSPS) is 20.8. The van der Waals surface area contributed by atoms with Crippen LogP contribution in [-0.4, -0.2) is 78.9 Å². The molecule has 4 aliphatic heterocycles. The Bertz CT molecular complexity index is 1630. The summed E-state index contributed by atoms with van der Waals surface area (Å²) in [4.78, 5) is 35.2. The maximum absolute atomic E-state index is 13.5. The van der Waals surface area contributed by atoms with E-state index in [1.54, 1.807) is 42.6 Å². The number of amides is 2. The lowest BCUT2D eigenvalue weighted by molar-refractivity contribution is -0.112. The van der Waals surface area contributed by atoms with Crippen molar-refractivity contribution in [1.82, 2.24) is 15.1 Å². The summed E-state index contributed by atoms with van der Waals surface area (Å²) in [5.41, 5.74) is 10.7. The molecular weight excluding hydrogens is 528 g/mol. The van der Waals surface area contributed by atoms with Gasteiger partial charge in [0.2, 0.25) is 0 Å². The first kappa shape index (κ1) is 27.5. The number of hydrogen-bond acceptors (Lipinski definition) is 7. The minimum Gasteiger partial charge on any atom is -0.365 e. The molecule has 3 saturated heterocycles. The molecule has 6 rings (SSSR count). The highest BCUT2D eigenvalue weighted by molar-refractivity contribution is 6.07. The van der Waals surface area contributed by atoms with Gasteiger partial charge in [-0.1, -0.05) is 12.1 Å². The summed E-state index contributed by atoms with van der Waals surface area (Å²) in [5.74, 6) is 0.390. The number of nitrogens with one attached hydrogen (secondary N) is 2. The summed E-state index contributed by atoms with van der Waals surface area (Å²) >= 11 is 0. The molecule has 9 nitrogen and oxygen atoms in total. The maximum atomic E-state index is 13.5. The monoisotopic (exact) mass is 560 g/mol. The Labute approximate surface area is 245 Å². The van der Waals surface area contributed by atoms with E-state index < -0.39 is 5.60 Å². The zero-order chi connectivity index (χ0) is 29.1. The van der Waals surface area contributed by atoms with Crippen molar-refractivity contribution < 1.29 is 14.3 Å². The van der Waals surface area contributed by atoms with E-state index in [9.17, 15) is 14.9 Å². The second-order valence-electron chi connectivity index (χ2n) is 10.9. The number of aryl methyl sites for hydroxylation is 1. The van der Waals surface area contributed by atoms with E-state index in [-0.39, 0.29) is 11.8 Å². The number of rotatable bonds is 3. The number of carbonyl (C=O) groups excluding carboxylic acids is 2. The number of piperazine rings is 1. The van der Waals surface area contributed by atoms with Gasteiger partial charge in [-0.05, 0) is 61.3 Å². The number of fused-ring (bicyclic) bond motifs is 2. The molecule has 4 heterocycles. The van der Waals surface area contributed by atoms with Gasteiger partial charge in [-0.25, -0.2) is 4.99 Å². The van der Waals surface area contributed by atoms with Crippen molar-refractivity contribution in [1.29, 1.82) is 5.26 Å². The van der Waals surface area contributed by atoms with E-state index in [1.165, 1.54) is 0 Å². The predicted molar refractivity (Wildman–Crippen MR) is 160 cm³/mol. The van der Waals surface area contributed by atoms with Crippen molar-refractivity contribution in [2.24, 2.45) is 4.99 Å². The molecule has 0 radical (unpaired) electrons. The Morgan fingerprint density at radius 3 is 2.71 bits per heavy atom. The topological polar surface area (TPSA) is 110 Å². The number of benzene rings is 1. The minimum absolute atomic E-state index is 0.0858. The van der Waals surface area contributed by atoms with Gasteiger partial charge in [-0.15, -0.1) is 11.5 Å². The molecule has 1 aromatic rings. The van der Waals surface area contributed by atoms with Gasteiger partial charge in [0.15, 0.2) is 0 Å². The molecule has 9 heteroatoms. The zero-order valence-corrected chi connectivity index (χ0v) is 23.6. The van der Waals surface area contributed by atoms with Gasteiger partial charge in [0.1, 0.15) is 5.84 Å². The van der Waals surface area contributed by atoms with Gasteiger partial charge in [-0.2, -0.15) is 5.26 Å². The van der Waals surface area contributed by atoms with Crippen molar-refractivity contribution in [3.05, 3.63) is 99.7 Å². The van der Waals surface area contributed by atoms with E-state index in [2.05, 4.69) is 38.1 Å². The van der Waals surface area contributed by atoms with E-state index in [4.69, 9.17) is 4.74 Å². The molecule has 3 fully saturated rings. The molecule has 0 aromatic heterocycles. The number of likely N-dealkylation sites (tertiary alicyclic amines) is 1. The number of piperidine rings is 1. The third-order valence-electron chi connectivity index (χ3n) is 8.35. The second kappa shape index (κ2) is 11.7. The molecule has 5 aliphatic rings. The lowest BCUT2D eigenvalue weighted by Crippen LogP contribution is -2.47. The molecule has 2 N–H and O–H groups in total. The van der Waals surface area contributed by atoms with Crippen LogP contribution in [0.25, 0.3) is 0 Å². The SMILES string of the molecule is Cc1ccc(C(=O)N2CCC3(CC2)OCC2=C=CC(C#N)=CC=C23)cc1NC(=O)C1=CN=C(N2CCNCC2)C=C=C1. The fourth-order valence-corrected chi connectivity index (χ4v) is 5.83. The van der Waals surface area contributed by atoms with Crippen LogP contribution < -0.4 is 10.6 Å². The first-order chi connectivity index (χ1) is 20.5. The molecule has 0 saturated carbocycles. The quantitative estimate of drug-likeness (QED) is 0.549. The van der Waals surface area contributed by atoms with Crippen LogP contribution in [-0.2, 0) is 9.53 Å². The Morgan fingerprint density at radius 2 is 1.93 bits per heavy atom. The Hall–Kier alpha value is -4.70. The third kappa shape index (κ3) is 5.45. The molecule has 1 aliphatic carbocycles. The predicted octanol–water partition coefficient (Wildman–Crippen LogP) is 3.32. The Morgan fingerprint density at radius 1 is 1.12 bits per heavy atom. The molecular formula is C33H32N6O3. The van der Waals surface area contributed by atoms with E-state index in [0.717, 1.165) is 48.7 Å². The number of ether oxygens (including phenoxy) is 1. The van der Waals surface area contributed by atoms with Crippen LogP contribution in [0.2, 0.25) is 0 Å². The van der Waals surface area contributed by atoms with Gasteiger partial charge >= 0.3 is 0 Å². The highest BCUT2D eigenvalue weighted by Gasteiger charge is 2.45. The van der Waals surface area contributed by atoms with Gasteiger partial charge in [0, 0.05) is 68.4 Å². The average molecular weight is 561 g/mol. The number of allylic oxidation sites excluding steroid dienone is 3. The third-order valence-corrected chi connectivity index (χ3v) is 8.35. The summed E-state index contributed by atoms with van der Waals surface area (Å²) < 4.78 is 6.26. The fraction of sp³-hybridized carbons (Fsp3) is 0.333. The molecule has 2 amide bonds. The van der Waals surface area contributed by atoms with Crippen LogP contribution in [0.1, 0.15) is 28.8 Å². The van der Waals surface area contributed by atoms with Crippen LogP contribution in [0.3, 0.4) is 0 Å². The lowest BCUT2D eigenvalue weighted by Gasteiger charge is -2.39. The summed E-state index contributed by atoms with van der Waals surface area (Å²) in [6.07, 6.45) is 11.8. The van der Waals surface area contributed by atoms with Gasteiger partial charge in [0.05, 0.1) is 29.4 Å². The van der Waals surface area contributed by atoms with Crippen LogP contribution in [0.5, 0.6) is 0 Å². The maximum Gasteiger partial charge on any atom is 0.257 e. The van der Waals surface area contributed by atoms with Crippen LogP contribution in [0.15, 0.2) is 93.5 Å². The molecule has 0 atom stereocenters.